The Morgan fingerprint density at radius 2 is 1.87 bits per heavy atom. The Morgan fingerprint density at radius 1 is 1.13 bits per heavy atom. The van der Waals surface area contributed by atoms with Gasteiger partial charge in [0.15, 0.2) is 0 Å². The SMILES string of the molecule is COC(=O)c1ccc2nc(C)cc(Nc3ccc(Cl)cc3)c2c1. The van der Waals surface area contributed by atoms with Crippen molar-refractivity contribution in [3.8, 4) is 0 Å². The van der Waals surface area contributed by atoms with E-state index < -0.39 is 0 Å². The molecule has 5 heteroatoms. The third kappa shape index (κ3) is 3.27. The molecule has 116 valence electrons. The van der Waals surface area contributed by atoms with Gasteiger partial charge in [-0.05, 0) is 55.5 Å². The number of aryl methyl sites for hydroxylation is 1. The van der Waals surface area contributed by atoms with Gasteiger partial charge in [-0.1, -0.05) is 11.6 Å². The van der Waals surface area contributed by atoms with E-state index >= 15 is 0 Å². The normalized spacial score (nSPS) is 10.6. The summed E-state index contributed by atoms with van der Waals surface area (Å²) in [4.78, 5) is 16.3. The summed E-state index contributed by atoms with van der Waals surface area (Å²) in [5, 5.41) is 4.88. The van der Waals surface area contributed by atoms with Gasteiger partial charge in [0.2, 0.25) is 0 Å². The lowest BCUT2D eigenvalue weighted by Gasteiger charge is -2.12. The molecule has 0 saturated heterocycles. The first-order chi connectivity index (χ1) is 11.1. The van der Waals surface area contributed by atoms with Crippen LogP contribution in [-0.2, 0) is 4.74 Å². The predicted octanol–water partition coefficient (Wildman–Crippen LogP) is 4.73. The third-order valence-electron chi connectivity index (χ3n) is 3.48. The summed E-state index contributed by atoms with van der Waals surface area (Å²) in [6.45, 7) is 1.93. The largest absolute Gasteiger partial charge is 0.465 e. The van der Waals surface area contributed by atoms with Crippen molar-refractivity contribution < 1.29 is 9.53 Å². The van der Waals surface area contributed by atoms with E-state index in [2.05, 4.69) is 10.3 Å². The number of hydrogen-bond donors (Lipinski definition) is 1. The number of aromatic nitrogens is 1. The molecule has 0 unspecified atom stereocenters. The number of ether oxygens (including phenoxy) is 1. The molecule has 1 heterocycles. The number of carbonyl (C=O) groups excluding carboxylic acids is 1. The number of methoxy groups -OCH3 is 1. The molecule has 4 nitrogen and oxygen atoms in total. The van der Waals surface area contributed by atoms with E-state index in [4.69, 9.17) is 16.3 Å². The van der Waals surface area contributed by atoms with Crippen molar-refractivity contribution in [3.63, 3.8) is 0 Å². The predicted molar refractivity (Wildman–Crippen MR) is 92.6 cm³/mol. The van der Waals surface area contributed by atoms with Gasteiger partial charge in [0.1, 0.15) is 0 Å². The van der Waals surface area contributed by atoms with Crippen LogP contribution in [0.15, 0.2) is 48.5 Å². The molecule has 3 rings (SSSR count). The molecule has 0 amide bonds. The van der Waals surface area contributed by atoms with Crippen LogP contribution in [-0.4, -0.2) is 18.1 Å². The second kappa shape index (κ2) is 6.26. The van der Waals surface area contributed by atoms with Crippen molar-refractivity contribution in [2.45, 2.75) is 6.92 Å². The van der Waals surface area contributed by atoms with Crippen LogP contribution in [0.25, 0.3) is 10.9 Å². The summed E-state index contributed by atoms with van der Waals surface area (Å²) in [5.74, 6) is -0.370. The van der Waals surface area contributed by atoms with Crippen LogP contribution < -0.4 is 5.32 Å². The van der Waals surface area contributed by atoms with Gasteiger partial charge in [0, 0.05) is 27.5 Å². The molecule has 0 aliphatic rings. The van der Waals surface area contributed by atoms with Gasteiger partial charge in [-0.15, -0.1) is 0 Å². The monoisotopic (exact) mass is 326 g/mol. The molecule has 23 heavy (non-hydrogen) atoms. The van der Waals surface area contributed by atoms with Crippen LogP contribution in [0.4, 0.5) is 11.4 Å². The molecule has 0 atom stereocenters. The minimum atomic E-state index is -0.370. The fourth-order valence-corrected chi connectivity index (χ4v) is 2.52. The van der Waals surface area contributed by atoms with E-state index in [1.807, 2.05) is 43.3 Å². The number of halogens is 1. The first kappa shape index (κ1) is 15.3. The molecule has 0 aliphatic heterocycles. The molecule has 1 N–H and O–H groups in total. The number of benzene rings is 2. The Bertz CT molecular complexity index is 876. The second-order valence-corrected chi connectivity index (χ2v) is 5.60. The summed E-state index contributed by atoms with van der Waals surface area (Å²) >= 11 is 5.92. The van der Waals surface area contributed by atoms with E-state index in [1.165, 1.54) is 7.11 Å². The van der Waals surface area contributed by atoms with Gasteiger partial charge < -0.3 is 10.1 Å². The maximum atomic E-state index is 11.8. The van der Waals surface area contributed by atoms with Crippen molar-refractivity contribution >= 4 is 39.8 Å². The van der Waals surface area contributed by atoms with Crippen LogP contribution in [0.3, 0.4) is 0 Å². The number of nitrogens with zero attached hydrogens (tertiary/aromatic N) is 1. The third-order valence-corrected chi connectivity index (χ3v) is 3.73. The Balaban J connectivity index is 2.09. The van der Waals surface area contributed by atoms with Crippen molar-refractivity contribution in [2.24, 2.45) is 0 Å². The fourth-order valence-electron chi connectivity index (χ4n) is 2.40. The molecule has 1 aromatic heterocycles. The Morgan fingerprint density at radius 3 is 2.57 bits per heavy atom. The number of nitrogens with one attached hydrogen (secondary N) is 1. The lowest BCUT2D eigenvalue weighted by Crippen LogP contribution is -2.02. The lowest BCUT2D eigenvalue weighted by molar-refractivity contribution is 0.0601. The molecule has 3 aromatic rings. The van der Waals surface area contributed by atoms with Gasteiger partial charge in [-0.2, -0.15) is 0 Å². The Hall–Kier alpha value is -2.59. The smallest absolute Gasteiger partial charge is 0.337 e. The fraction of sp³-hybridized carbons (Fsp3) is 0.111. The number of carbonyl (C=O) groups is 1. The molecule has 0 aliphatic carbocycles. The number of anilines is 2. The summed E-state index contributed by atoms with van der Waals surface area (Å²) in [7, 11) is 1.37. The second-order valence-electron chi connectivity index (χ2n) is 5.17. The summed E-state index contributed by atoms with van der Waals surface area (Å²) < 4.78 is 4.79. The zero-order valence-electron chi connectivity index (χ0n) is 12.8. The maximum Gasteiger partial charge on any atom is 0.337 e. The van der Waals surface area contributed by atoms with Crippen molar-refractivity contribution in [1.29, 1.82) is 0 Å². The van der Waals surface area contributed by atoms with Crippen molar-refractivity contribution in [2.75, 3.05) is 12.4 Å². The molecule has 0 fully saturated rings. The van der Waals surface area contributed by atoms with Crippen molar-refractivity contribution in [3.05, 3.63) is 64.8 Å². The number of fused-ring (bicyclic) bond motifs is 1. The molecule has 0 radical (unpaired) electrons. The summed E-state index contributed by atoms with van der Waals surface area (Å²) in [6.07, 6.45) is 0. The zero-order chi connectivity index (χ0) is 16.4. The summed E-state index contributed by atoms with van der Waals surface area (Å²) in [6, 6.07) is 14.7. The van der Waals surface area contributed by atoms with Crippen LogP contribution in [0.5, 0.6) is 0 Å². The molecular formula is C18H15ClN2O2. The topological polar surface area (TPSA) is 51.2 Å². The average Bonchev–Trinajstić information content (AvgIpc) is 2.55. The van der Waals surface area contributed by atoms with Crippen LogP contribution in [0.1, 0.15) is 16.1 Å². The number of rotatable bonds is 3. The molecule has 0 spiro atoms. The quantitative estimate of drug-likeness (QED) is 0.707. The van der Waals surface area contributed by atoms with E-state index in [0.29, 0.717) is 10.6 Å². The number of hydrogen-bond acceptors (Lipinski definition) is 4. The van der Waals surface area contributed by atoms with Crippen LogP contribution in [0.2, 0.25) is 5.02 Å². The van der Waals surface area contributed by atoms with E-state index in [1.54, 1.807) is 12.1 Å². The standard InChI is InChI=1S/C18H15ClN2O2/c1-11-9-17(21-14-6-4-13(19)5-7-14)15-10-12(18(22)23-2)3-8-16(15)20-11/h3-10H,1-2H3,(H,20,21). The first-order valence-corrected chi connectivity index (χ1v) is 7.47. The van der Waals surface area contributed by atoms with Crippen LogP contribution >= 0.6 is 11.6 Å². The number of esters is 1. The van der Waals surface area contributed by atoms with Gasteiger partial charge in [-0.25, -0.2) is 4.79 Å². The Kier molecular flexibility index (Phi) is 4.17. The van der Waals surface area contributed by atoms with Gasteiger partial charge in [-0.3, -0.25) is 4.98 Å². The minimum absolute atomic E-state index is 0.370. The van der Waals surface area contributed by atoms with E-state index in [-0.39, 0.29) is 5.97 Å². The molecular weight excluding hydrogens is 312 g/mol. The highest BCUT2D eigenvalue weighted by atomic mass is 35.5. The van der Waals surface area contributed by atoms with Crippen LogP contribution in [0, 0.1) is 6.92 Å². The first-order valence-electron chi connectivity index (χ1n) is 7.09. The van der Waals surface area contributed by atoms with E-state index in [9.17, 15) is 4.79 Å². The molecule has 2 aromatic carbocycles. The minimum Gasteiger partial charge on any atom is -0.465 e. The Labute approximate surface area is 139 Å². The lowest BCUT2D eigenvalue weighted by atomic mass is 10.1. The van der Waals surface area contributed by atoms with Crippen molar-refractivity contribution in [1.82, 2.24) is 4.98 Å². The highest BCUT2D eigenvalue weighted by Gasteiger charge is 2.10. The molecule has 0 saturated carbocycles. The van der Waals surface area contributed by atoms with Gasteiger partial charge in [0.05, 0.1) is 18.2 Å². The van der Waals surface area contributed by atoms with E-state index in [0.717, 1.165) is 28.0 Å². The highest BCUT2D eigenvalue weighted by Crippen LogP contribution is 2.28. The highest BCUT2D eigenvalue weighted by molar-refractivity contribution is 6.30. The maximum absolute atomic E-state index is 11.8. The van der Waals surface area contributed by atoms with Gasteiger partial charge in [0.25, 0.3) is 0 Å². The average molecular weight is 327 g/mol. The zero-order valence-corrected chi connectivity index (χ0v) is 13.5. The number of pyridine rings is 1. The van der Waals surface area contributed by atoms with Gasteiger partial charge >= 0.3 is 5.97 Å². The molecule has 0 bridgehead atoms. The summed E-state index contributed by atoms with van der Waals surface area (Å²) in [5.41, 5.74) is 3.98.